The Morgan fingerprint density at radius 3 is 2.80 bits per heavy atom. The van der Waals surface area contributed by atoms with E-state index in [4.69, 9.17) is 0 Å². The van der Waals surface area contributed by atoms with Crippen LogP contribution < -0.4 is 0 Å². The van der Waals surface area contributed by atoms with E-state index in [1.807, 2.05) is 23.6 Å². The molecule has 0 radical (unpaired) electrons. The van der Waals surface area contributed by atoms with Crippen LogP contribution >= 0.6 is 38.6 Å². The van der Waals surface area contributed by atoms with Crippen molar-refractivity contribution in [2.24, 2.45) is 0 Å². The number of hydrogen-bond donors (Lipinski definition) is 0. The SMILES string of the molecule is CCc1ccc(C(=O)c2csc(Br)c2)s1. The zero-order valence-electron chi connectivity index (χ0n) is 8.12. The number of carbonyl (C=O) groups is 1. The van der Waals surface area contributed by atoms with Crippen LogP contribution in [0.2, 0.25) is 0 Å². The lowest BCUT2D eigenvalue weighted by atomic mass is 10.2. The van der Waals surface area contributed by atoms with E-state index in [2.05, 4.69) is 22.9 Å². The van der Waals surface area contributed by atoms with Crippen LogP contribution in [0.3, 0.4) is 0 Å². The maximum atomic E-state index is 12.0. The van der Waals surface area contributed by atoms with Crippen molar-refractivity contribution in [1.82, 2.24) is 0 Å². The Morgan fingerprint density at radius 1 is 1.47 bits per heavy atom. The van der Waals surface area contributed by atoms with Crippen molar-refractivity contribution in [2.45, 2.75) is 13.3 Å². The first kappa shape index (κ1) is 11.0. The van der Waals surface area contributed by atoms with Crippen LogP contribution in [0.15, 0.2) is 27.4 Å². The molecular formula is C11H9BrOS2. The molecule has 4 heteroatoms. The predicted molar refractivity (Wildman–Crippen MR) is 69.1 cm³/mol. The lowest BCUT2D eigenvalue weighted by Crippen LogP contribution is -1.95. The van der Waals surface area contributed by atoms with Crippen LogP contribution in [-0.2, 0) is 6.42 Å². The van der Waals surface area contributed by atoms with Crippen LogP contribution in [0.25, 0.3) is 0 Å². The monoisotopic (exact) mass is 300 g/mol. The average Bonchev–Trinajstić information content (AvgIpc) is 2.84. The highest BCUT2D eigenvalue weighted by atomic mass is 79.9. The fourth-order valence-electron chi connectivity index (χ4n) is 1.26. The van der Waals surface area contributed by atoms with Crippen molar-refractivity contribution in [3.05, 3.63) is 42.7 Å². The van der Waals surface area contributed by atoms with Gasteiger partial charge in [-0.2, -0.15) is 0 Å². The van der Waals surface area contributed by atoms with Crippen LogP contribution in [0.4, 0.5) is 0 Å². The van der Waals surface area contributed by atoms with E-state index in [1.54, 1.807) is 22.7 Å². The fourth-order valence-corrected chi connectivity index (χ4v) is 3.31. The molecule has 0 unspecified atom stereocenters. The molecule has 0 amide bonds. The third kappa shape index (κ3) is 2.38. The maximum absolute atomic E-state index is 12.0. The summed E-state index contributed by atoms with van der Waals surface area (Å²) in [7, 11) is 0. The van der Waals surface area contributed by atoms with Crippen LogP contribution in [0, 0.1) is 0 Å². The highest BCUT2D eigenvalue weighted by Gasteiger charge is 2.12. The van der Waals surface area contributed by atoms with Gasteiger partial charge in [-0.1, -0.05) is 6.92 Å². The molecule has 0 fully saturated rings. The first-order valence-electron chi connectivity index (χ1n) is 4.58. The average molecular weight is 301 g/mol. The van der Waals surface area contributed by atoms with E-state index in [-0.39, 0.29) is 5.78 Å². The van der Waals surface area contributed by atoms with Gasteiger partial charge in [-0.25, -0.2) is 0 Å². The number of carbonyl (C=O) groups excluding carboxylic acids is 1. The number of hydrogen-bond acceptors (Lipinski definition) is 3. The smallest absolute Gasteiger partial charge is 0.203 e. The minimum atomic E-state index is 0.127. The molecule has 0 aliphatic carbocycles. The zero-order chi connectivity index (χ0) is 10.8. The number of aryl methyl sites for hydroxylation is 1. The highest BCUT2D eigenvalue weighted by Crippen LogP contribution is 2.25. The molecule has 15 heavy (non-hydrogen) atoms. The Morgan fingerprint density at radius 2 is 2.27 bits per heavy atom. The van der Waals surface area contributed by atoms with Gasteiger partial charge < -0.3 is 0 Å². The largest absolute Gasteiger partial charge is 0.288 e. The molecule has 0 aliphatic heterocycles. The summed E-state index contributed by atoms with van der Waals surface area (Å²) in [4.78, 5) is 14.1. The van der Waals surface area contributed by atoms with Crippen LogP contribution in [0.1, 0.15) is 27.0 Å². The predicted octanol–water partition coefficient (Wildman–Crippen LogP) is 4.37. The van der Waals surface area contributed by atoms with Gasteiger partial charge >= 0.3 is 0 Å². The molecule has 1 nitrogen and oxygen atoms in total. The minimum absolute atomic E-state index is 0.127. The standard InChI is InChI=1S/C11H9BrOS2/c1-2-8-3-4-9(15-8)11(13)7-5-10(12)14-6-7/h3-6H,2H2,1H3. The number of ketones is 1. The van der Waals surface area contributed by atoms with Gasteiger partial charge in [0.25, 0.3) is 0 Å². The molecule has 2 heterocycles. The topological polar surface area (TPSA) is 17.1 Å². The quantitative estimate of drug-likeness (QED) is 0.770. The summed E-state index contributed by atoms with van der Waals surface area (Å²) in [6.45, 7) is 2.10. The summed E-state index contributed by atoms with van der Waals surface area (Å²) in [5.41, 5.74) is 0.774. The van der Waals surface area contributed by atoms with Crippen molar-refractivity contribution >= 4 is 44.4 Å². The number of rotatable bonds is 3. The summed E-state index contributed by atoms with van der Waals surface area (Å²) in [6.07, 6.45) is 0.991. The molecule has 2 aromatic rings. The number of thiophene rings is 2. The van der Waals surface area contributed by atoms with Gasteiger partial charge in [-0.05, 0) is 40.5 Å². The lowest BCUT2D eigenvalue weighted by Gasteiger charge is -1.91. The second kappa shape index (κ2) is 4.60. The minimum Gasteiger partial charge on any atom is -0.288 e. The molecule has 0 saturated carbocycles. The van der Waals surface area contributed by atoms with Gasteiger partial charge in [0.1, 0.15) is 0 Å². The molecule has 0 saturated heterocycles. The summed E-state index contributed by atoms with van der Waals surface area (Å²) in [5.74, 6) is 0.127. The van der Waals surface area contributed by atoms with Crippen molar-refractivity contribution < 1.29 is 4.79 Å². The Balaban J connectivity index is 2.28. The third-order valence-corrected chi connectivity index (χ3v) is 4.80. The first-order chi connectivity index (χ1) is 7.20. The first-order valence-corrected chi connectivity index (χ1v) is 7.07. The molecule has 0 spiro atoms. The Bertz CT molecular complexity index is 484. The molecule has 78 valence electrons. The van der Waals surface area contributed by atoms with Gasteiger partial charge in [0.15, 0.2) is 0 Å². The van der Waals surface area contributed by atoms with Gasteiger partial charge in [-0.3, -0.25) is 4.79 Å². The Kier molecular flexibility index (Phi) is 3.38. The van der Waals surface area contributed by atoms with Gasteiger partial charge in [0.05, 0.1) is 8.66 Å². The van der Waals surface area contributed by atoms with Crippen LogP contribution in [0.5, 0.6) is 0 Å². The fraction of sp³-hybridized carbons (Fsp3) is 0.182. The lowest BCUT2D eigenvalue weighted by molar-refractivity contribution is 0.104. The van der Waals surface area contributed by atoms with Crippen molar-refractivity contribution in [3.63, 3.8) is 0 Å². The van der Waals surface area contributed by atoms with Gasteiger partial charge in [0.2, 0.25) is 5.78 Å². The normalized spacial score (nSPS) is 10.5. The summed E-state index contributed by atoms with van der Waals surface area (Å²) in [6, 6.07) is 5.81. The van der Waals surface area contributed by atoms with E-state index >= 15 is 0 Å². The molecule has 0 aliphatic rings. The Labute approximate surface area is 105 Å². The second-order valence-corrected chi connectivity index (χ2v) is 6.55. The zero-order valence-corrected chi connectivity index (χ0v) is 11.3. The summed E-state index contributed by atoms with van der Waals surface area (Å²) >= 11 is 6.49. The summed E-state index contributed by atoms with van der Waals surface area (Å²) in [5, 5.41) is 1.89. The van der Waals surface area contributed by atoms with Gasteiger partial charge in [0, 0.05) is 15.8 Å². The third-order valence-electron chi connectivity index (χ3n) is 2.06. The molecule has 0 N–H and O–H groups in total. The van der Waals surface area contributed by atoms with Crippen molar-refractivity contribution in [1.29, 1.82) is 0 Å². The highest BCUT2D eigenvalue weighted by molar-refractivity contribution is 9.11. The van der Waals surface area contributed by atoms with E-state index < -0.39 is 0 Å². The number of halogens is 1. The van der Waals surface area contributed by atoms with Crippen molar-refractivity contribution in [3.8, 4) is 0 Å². The Hall–Kier alpha value is -0.450. The van der Waals surface area contributed by atoms with E-state index in [1.165, 1.54) is 4.88 Å². The molecule has 2 aromatic heterocycles. The van der Waals surface area contributed by atoms with Gasteiger partial charge in [-0.15, -0.1) is 22.7 Å². The molecular weight excluding hydrogens is 292 g/mol. The maximum Gasteiger partial charge on any atom is 0.203 e. The molecule has 0 atom stereocenters. The van der Waals surface area contributed by atoms with Crippen LogP contribution in [-0.4, -0.2) is 5.78 Å². The molecule has 2 rings (SSSR count). The molecule has 0 aromatic carbocycles. The van der Waals surface area contributed by atoms with E-state index in [9.17, 15) is 4.79 Å². The molecule has 0 bridgehead atoms. The summed E-state index contributed by atoms with van der Waals surface area (Å²) < 4.78 is 0.998. The van der Waals surface area contributed by atoms with E-state index in [0.29, 0.717) is 0 Å². The van der Waals surface area contributed by atoms with E-state index in [0.717, 1.165) is 20.6 Å². The second-order valence-electron chi connectivity index (χ2n) is 3.09. The van der Waals surface area contributed by atoms with Crippen molar-refractivity contribution in [2.75, 3.05) is 0 Å².